The summed E-state index contributed by atoms with van der Waals surface area (Å²) < 4.78 is 0. The van der Waals surface area contributed by atoms with Crippen molar-refractivity contribution in [3.8, 4) is 0 Å². The number of carbonyl (C=O) groups excluding carboxylic acids is 1. The Labute approximate surface area is 175 Å². The highest BCUT2D eigenvalue weighted by Gasteiger charge is 2.20. The lowest BCUT2D eigenvalue weighted by Gasteiger charge is -2.36. The molecule has 1 fully saturated rings. The van der Waals surface area contributed by atoms with Crippen LogP contribution in [-0.4, -0.2) is 46.9 Å². The molecule has 2 aromatic carbocycles. The van der Waals surface area contributed by atoms with Gasteiger partial charge < -0.3 is 10.2 Å². The lowest BCUT2D eigenvalue weighted by Crippen LogP contribution is -2.49. The van der Waals surface area contributed by atoms with Crippen LogP contribution in [0.25, 0.3) is 0 Å². The maximum absolute atomic E-state index is 11.5. The molecule has 142 valence electrons. The monoisotopic (exact) mass is 421 g/mol. The summed E-state index contributed by atoms with van der Waals surface area (Å²) in [4.78, 5) is 16.0. The van der Waals surface area contributed by atoms with Crippen LogP contribution in [0.5, 0.6) is 0 Å². The highest BCUT2D eigenvalue weighted by atomic mass is 35.5. The number of ketones is 1. The number of nitrogens with zero attached hydrogens (tertiary/aromatic N) is 2. The lowest BCUT2D eigenvalue weighted by molar-refractivity contribution is 0.101. The Morgan fingerprint density at radius 3 is 2.52 bits per heavy atom. The second-order valence-corrected chi connectivity index (χ2v) is 7.80. The topological polar surface area (TPSA) is 35.6 Å². The molecule has 0 spiro atoms. The molecule has 1 saturated heterocycles. The summed E-state index contributed by atoms with van der Waals surface area (Å²) >= 11 is 17.8. The van der Waals surface area contributed by atoms with Crippen molar-refractivity contribution in [2.24, 2.45) is 0 Å². The highest BCUT2D eigenvalue weighted by molar-refractivity contribution is 7.80. The van der Waals surface area contributed by atoms with Gasteiger partial charge in [0.1, 0.15) is 0 Å². The minimum absolute atomic E-state index is 0.0408. The predicted molar refractivity (Wildman–Crippen MR) is 116 cm³/mol. The number of anilines is 1. The van der Waals surface area contributed by atoms with Gasteiger partial charge in [0.15, 0.2) is 10.9 Å². The van der Waals surface area contributed by atoms with Crippen molar-refractivity contribution < 1.29 is 4.79 Å². The van der Waals surface area contributed by atoms with Crippen molar-refractivity contribution in [3.63, 3.8) is 0 Å². The number of carbonyl (C=O) groups is 1. The zero-order valence-corrected chi connectivity index (χ0v) is 17.4. The summed E-state index contributed by atoms with van der Waals surface area (Å²) in [5.74, 6) is 0.0408. The van der Waals surface area contributed by atoms with Crippen molar-refractivity contribution in [1.82, 2.24) is 9.80 Å². The third-order valence-electron chi connectivity index (χ3n) is 4.59. The third-order valence-corrected chi connectivity index (χ3v) is 5.54. The molecule has 0 unspecified atom stereocenters. The van der Waals surface area contributed by atoms with Gasteiger partial charge in [0.2, 0.25) is 0 Å². The van der Waals surface area contributed by atoms with Gasteiger partial charge in [0, 0.05) is 54.0 Å². The summed E-state index contributed by atoms with van der Waals surface area (Å²) in [6.45, 7) is 5.82. The Bertz CT molecular complexity index is 851. The SMILES string of the molecule is CC(=O)c1cccc(NC(=S)N2CCN(Cc3ccc(Cl)cc3Cl)CC2)c1. The standard InChI is InChI=1S/C20H21Cl2N3OS/c1-14(26)15-3-2-4-18(11-15)23-20(27)25-9-7-24(8-10-25)13-16-5-6-17(21)12-19(16)22/h2-6,11-12H,7-10,13H2,1H3,(H,23,27). The van der Waals surface area contributed by atoms with E-state index in [1.54, 1.807) is 19.1 Å². The molecule has 0 amide bonds. The van der Waals surface area contributed by atoms with Crippen molar-refractivity contribution in [3.05, 3.63) is 63.6 Å². The van der Waals surface area contributed by atoms with E-state index in [1.807, 2.05) is 30.3 Å². The summed E-state index contributed by atoms with van der Waals surface area (Å²) in [7, 11) is 0. The molecule has 27 heavy (non-hydrogen) atoms. The first-order valence-corrected chi connectivity index (χ1v) is 9.92. The molecule has 1 heterocycles. The van der Waals surface area contributed by atoms with E-state index < -0.39 is 0 Å². The Balaban J connectivity index is 1.53. The van der Waals surface area contributed by atoms with E-state index in [4.69, 9.17) is 35.4 Å². The second-order valence-electron chi connectivity index (χ2n) is 6.57. The summed E-state index contributed by atoms with van der Waals surface area (Å²) in [5, 5.41) is 5.27. The lowest BCUT2D eigenvalue weighted by atomic mass is 10.1. The molecule has 0 saturated carbocycles. The average molecular weight is 422 g/mol. The van der Waals surface area contributed by atoms with Gasteiger partial charge in [-0.05, 0) is 49.0 Å². The van der Waals surface area contributed by atoms with Gasteiger partial charge in [-0.15, -0.1) is 0 Å². The van der Waals surface area contributed by atoms with Crippen LogP contribution >= 0.6 is 35.4 Å². The Hall–Kier alpha value is -1.66. The molecule has 0 aliphatic carbocycles. The fourth-order valence-corrected chi connectivity index (χ4v) is 3.79. The number of rotatable bonds is 4. The van der Waals surface area contributed by atoms with E-state index in [0.29, 0.717) is 20.7 Å². The summed E-state index contributed by atoms with van der Waals surface area (Å²) in [6.07, 6.45) is 0. The van der Waals surface area contributed by atoms with Gasteiger partial charge in [0.25, 0.3) is 0 Å². The average Bonchev–Trinajstić information content (AvgIpc) is 2.65. The molecule has 0 bridgehead atoms. The van der Waals surface area contributed by atoms with Gasteiger partial charge in [-0.25, -0.2) is 0 Å². The molecule has 3 rings (SSSR count). The Kier molecular flexibility index (Phi) is 6.71. The molecule has 0 atom stereocenters. The number of halogens is 2. The van der Waals surface area contributed by atoms with Crippen LogP contribution in [-0.2, 0) is 6.54 Å². The molecule has 0 radical (unpaired) electrons. The van der Waals surface area contributed by atoms with E-state index >= 15 is 0 Å². The molecule has 4 nitrogen and oxygen atoms in total. The van der Waals surface area contributed by atoms with Crippen LogP contribution in [0.1, 0.15) is 22.8 Å². The maximum atomic E-state index is 11.5. The number of thiocarbonyl (C=S) groups is 1. The zero-order chi connectivity index (χ0) is 19.4. The molecule has 1 aliphatic heterocycles. The summed E-state index contributed by atoms with van der Waals surface area (Å²) in [5.41, 5.74) is 2.59. The fourth-order valence-electron chi connectivity index (χ4n) is 3.02. The fraction of sp³-hybridized carbons (Fsp3) is 0.300. The smallest absolute Gasteiger partial charge is 0.173 e. The van der Waals surface area contributed by atoms with Crippen LogP contribution in [0.4, 0.5) is 5.69 Å². The van der Waals surface area contributed by atoms with E-state index in [-0.39, 0.29) is 5.78 Å². The third kappa shape index (κ3) is 5.42. The first-order valence-electron chi connectivity index (χ1n) is 8.75. The van der Waals surface area contributed by atoms with Crippen LogP contribution in [0.3, 0.4) is 0 Å². The van der Waals surface area contributed by atoms with Gasteiger partial charge in [-0.3, -0.25) is 9.69 Å². The first kappa shape index (κ1) is 20.1. The molecule has 1 aliphatic rings. The molecule has 7 heteroatoms. The highest BCUT2D eigenvalue weighted by Crippen LogP contribution is 2.23. The normalized spacial score (nSPS) is 14.9. The number of nitrogens with one attached hydrogen (secondary N) is 1. The number of hydrogen-bond donors (Lipinski definition) is 1. The largest absolute Gasteiger partial charge is 0.346 e. The van der Waals surface area contributed by atoms with E-state index in [0.717, 1.165) is 44.0 Å². The predicted octanol–water partition coefficient (Wildman–Crippen LogP) is 4.71. The van der Waals surface area contributed by atoms with Crippen molar-refractivity contribution in [1.29, 1.82) is 0 Å². The molecule has 1 N–H and O–H groups in total. The minimum atomic E-state index is 0.0408. The van der Waals surface area contributed by atoms with Gasteiger partial charge >= 0.3 is 0 Å². The number of Topliss-reactive ketones (excluding diaryl/α,β-unsaturated/α-hetero) is 1. The number of piperazine rings is 1. The number of benzene rings is 2. The van der Waals surface area contributed by atoms with Crippen LogP contribution in [0, 0.1) is 0 Å². The van der Waals surface area contributed by atoms with Gasteiger partial charge in [-0.2, -0.15) is 0 Å². The van der Waals surface area contributed by atoms with Crippen LogP contribution in [0.2, 0.25) is 10.0 Å². The zero-order valence-electron chi connectivity index (χ0n) is 15.0. The first-order chi connectivity index (χ1) is 12.9. The second kappa shape index (κ2) is 9.02. The Morgan fingerprint density at radius 1 is 1.11 bits per heavy atom. The summed E-state index contributed by atoms with van der Waals surface area (Å²) in [6, 6.07) is 13.0. The van der Waals surface area contributed by atoms with E-state index in [1.165, 1.54) is 0 Å². The van der Waals surface area contributed by atoms with Crippen molar-refractivity contribution in [2.75, 3.05) is 31.5 Å². The quantitative estimate of drug-likeness (QED) is 0.571. The van der Waals surface area contributed by atoms with Crippen LogP contribution < -0.4 is 5.32 Å². The molecule has 2 aromatic rings. The maximum Gasteiger partial charge on any atom is 0.173 e. The number of hydrogen-bond acceptors (Lipinski definition) is 3. The molecule has 0 aromatic heterocycles. The molecular formula is C20H21Cl2N3OS. The van der Waals surface area contributed by atoms with Crippen molar-refractivity contribution >= 4 is 52.0 Å². The van der Waals surface area contributed by atoms with E-state index in [2.05, 4.69) is 15.1 Å². The van der Waals surface area contributed by atoms with Gasteiger partial charge in [-0.1, -0.05) is 41.4 Å². The van der Waals surface area contributed by atoms with Crippen LogP contribution in [0.15, 0.2) is 42.5 Å². The van der Waals surface area contributed by atoms with Crippen molar-refractivity contribution in [2.45, 2.75) is 13.5 Å². The van der Waals surface area contributed by atoms with E-state index in [9.17, 15) is 4.79 Å². The van der Waals surface area contributed by atoms with Gasteiger partial charge in [0.05, 0.1) is 0 Å². The Morgan fingerprint density at radius 2 is 1.85 bits per heavy atom. The minimum Gasteiger partial charge on any atom is -0.346 e. The molecular weight excluding hydrogens is 401 g/mol.